The van der Waals surface area contributed by atoms with E-state index in [2.05, 4.69) is 31.8 Å². The molecule has 2 aromatic rings. The molecular weight excluding hydrogens is 266 g/mol. The summed E-state index contributed by atoms with van der Waals surface area (Å²) in [5.74, 6) is 2.34. The van der Waals surface area contributed by atoms with Gasteiger partial charge in [0.2, 0.25) is 11.8 Å². The molecule has 0 radical (unpaired) electrons. The number of aryl methyl sites for hydroxylation is 3. The van der Waals surface area contributed by atoms with Gasteiger partial charge in [0, 0.05) is 24.0 Å². The highest BCUT2D eigenvalue weighted by Gasteiger charge is 2.31. The predicted molar refractivity (Wildman–Crippen MR) is 80.7 cm³/mol. The minimum absolute atomic E-state index is 0.212. The summed E-state index contributed by atoms with van der Waals surface area (Å²) in [6.07, 6.45) is 2.18. The van der Waals surface area contributed by atoms with E-state index in [-0.39, 0.29) is 6.04 Å². The molecule has 112 valence electrons. The van der Waals surface area contributed by atoms with Crippen LogP contribution in [-0.4, -0.2) is 33.6 Å². The number of H-pyrrole nitrogens is 1. The zero-order chi connectivity index (χ0) is 15.0. The van der Waals surface area contributed by atoms with Crippen LogP contribution in [0, 0.1) is 20.8 Å². The number of rotatable bonds is 3. The van der Waals surface area contributed by atoms with Gasteiger partial charge in [-0.2, -0.15) is 4.98 Å². The van der Waals surface area contributed by atoms with Crippen LogP contribution >= 0.6 is 0 Å². The lowest BCUT2D eigenvalue weighted by Crippen LogP contribution is -2.25. The minimum Gasteiger partial charge on any atom is -0.481 e. The molecule has 21 heavy (non-hydrogen) atoms. The van der Waals surface area contributed by atoms with Crippen LogP contribution in [0.4, 0.5) is 5.95 Å². The average Bonchev–Trinajstić information content (AvgIpc) is 3.05. The van der Waals surface area contributed by atoms with E-state index in [9.17, 15) is 0 Å². The molecule has 3 rings (SSSR count). The van der Waals surface area contributed by atoms with E-state index >= 15 is 0 Å². The first-order chi connectivity index (χ1) is 10.1. The van der Waals surface area contributed by atoms with Gasteiger partial charge in [0.05, 0.1) is 18.8 Å². The van der Waals surface area contributed by atoms with E-state index in [1.54, 1.807) is 7.11 Å². The molecule has 6 nitrogen and oxygen atoms in total. The van der Waals surface area contributed by atoms with Crippen molar-refractivity contribution in [1.29, 1.82) is 0 Å². The van der Waals surface area contributed by atoms with Crippen LogP contribution in [0.25, 0.3) is 0 Å². The lowest BCUT2D eigenvalue weighted by Gasteiger charge is -2.23. The van der Waals surface area contributed by atoms with E-state index in [0.717, 1.165) is 48.2 Å². The molecule has 1 atom stereocenters. The third-order valence-electron chi connectivity index (χ3n) is 4.00. The van der Waals surface area contributed by atoms with Crippen LogP contribution in [0.5, 0.6) is 5.88 Å². The van der Waals surface area contributed by atoms with Gasteiger partial charge in [-0.3, -0.25) is 0 Å². The molecule has 1 N–H and O–H groups in total. The molecular formula is C15H21N5O. The van der Waals surface area contributed by atoms with Gasteiger partial charge in [0.25, 0.3) is 0 Å². The molecule has 1 aliphatic heterocycles. The van der Waals surface area contributed by atoms with E-state index < -0.39 is 0 Å². The predicted octanol–water partition coefficient (Wildman–Crippen LogP) is 2.48. The van der Waals surface area contributed by atoms with Crippen LogP contribution in [-0.2, 0) is 0 Å². The topological polar surface area (TPSA) is 66.9 Å². The Kier molecular flexibility index (Phi) is 3.53. The lowest BCUT2D eigenvalue weighted by molar-refractivity contribution is 0.396. The second-order valence-electron chi connectivity index (χ2n) is 5.54. The van der Waals surface area contributed by atoms with Crippen LogP contribution < -0.4 is 9.64 Å². The Morgan fingerprint density at radius 2 is 2.05 bits per heavy atom. The van der Waals surface area contributed by atoms with Gasteiger partial charge < -0.3 is 14.6 Å². The van der Waals surface area contributed by atoms with Gasteiger partial charge in [0.15, 0.2) is 0 Å². The molecule has 1 saturated heterocycles. The first-order valence-corrected chi connectivity index (χ1v) is 7.28. The smallest absolute Gasteiger partial charge is 0.229 e. The molecule has 2 aromatic heterocycles. The van der Waals surface area contributed by atoms with Gasteiger partial charge >= 0.3 is 0 Å². The Hall–Kier alpha value is -2.11. The normalized spacial score (nSPS) is 18.3. The van der Waals surface area contributed by atoms with Crippen LogP contribution in [0.1, 0.15) is 41.8 Å². The summed E-state index contributed by atoms with van der Waals surface area (Å²) in [7, 11) is 1.63. The van der Waals surface area contributed by atoms with Crippen molar-refractivity contribution in [2.75, 3.05) is 18.6 Å². The highest BCUT2D eigenvalue weighted by molar-refractivity contribution is 5.38. The molecule has 0 saturated carbocycles. The Balaban J connectivity index is 1.95. The van der Waals surface area contributed by atoms with Crippen molar-refractivity contribution in [3.05, 3.63) is 29.0 Å². The Bertz CT molecular complexity index is 632. The Morgan fingerprint density at radius 1 is 1.24 bits per heavy atom. The van der Waals surface area contributed by atoms with E-state index in [4.69, 9.17) is 4.74 Å². The number of hydrogen-bond donors (Lipinski definition) is 1. The maximum absolute atomic E-state index is 5.26. The largest absolute Gasteiger partial charge is 0.481 e. The fourth-order valence-corrected chi connectivity index (χ4v) is 2.78. The van der Waals surface area contributed by atoms with Crippen molar-refractivity contribution in [1.82, 2.24) is 19.9 Å². The summed E-state index contributed by atoms with van der Waals surface area (Å²) in [5.41, 5.74) is 3.09. The van der Waals surface area contributed by atoms with Crippen molar-refractivity contribution < 1.29 is 4.74 Å². The number of ether oxygens (including phenoxy) is 1. The van der Waals surface area contributed by atoms with Crippen LogP contribution in [0.2, 0.25) is 0 Å². The van der Waals surface area contributed by atoms with Crippen molar-refractivity contribution in [3.63, 3.8) is 0 Å². The van der Waals surface area contributed by atoms with Crippen LogP contribution in [0.15, 0.2) is 6.07 Å². The number of imidazole rings is 1. The Labute approximate surface area is 124 Å². The molecule has 0 aliphatic carbocycles. The van der Waals surface area contributed by atoms with E-state index in [0.29, 0.717) is 5.88 Å². The van der Waals surface area contributed by atoms with Gasteiger partial charge in [-0.25, -0.2) is 9.97 Å². The van der Waals surface area contributed by atoms with Crippen molar-refractivity contribution in [3.8, 4) is 5.88 Å². The maximum Gasteiger partial charge on any atom is 0.229 e. The molecule has 3 heterocycles. The first kappa shape index (κ1) is 13.9. The number of aromatic amines is 1. The quantitative estimate of drug-likeness (QED) is 0.939. The second kappa shape index (κ2) is 5.35. The highest BCUT2D eigenvalue weighted by Crippen LogP contribution is 2.34. The van der Waals surface area contributed by atoms with Gasteiger partial charge in [-0.15, -0.1) is 0 Å². The van der Waals surface area contributed by atoms with Crippen molar-refractivity contribution >= 4 is 5.95 Å². The third-order valence-corrected chi connectivity index (χ3v) is 4.00. The fraction of sp³-hybridized carbons (Fsp3) is 0.533. The van der Waals surface area contributed by atoms with E-state index in [1.165, 1.54) is 0 Å². The molecule has 0 spiro atoms. The van der Waals surface area contributed by atoms with Crippen LogP contribution in [0.3, 0.4) is 0 Å². The molecule has 0 aromatic carbocycles. The number of aromatic nitrogens is 4. The zero-order valence-corrected chi connectivity index (χ0v) is 13.0. The Morgan fingerprint density at radius 3 is 2.71 bits per heavy atom. The fourth-order valence-electron chi connectivity index (χ4n) is 2.78. The summed E-state index contributed by atoms with van der Waals surface area (Å²) in [6, 6.07) is 2.05. The molecule has 0 bridgehead atoms. The van der Waals surface area contributed by atoms with E-state index in [1.807, 2.05) is 19.9 Å². The number of nitrogens with zero attached hydrogens (tertiary/aromatic N) is 4. The standard InChI is InChI=1S/C15H21N5O/c1-9-8-13(21-4)19-15(16-9)20-7-5-6-12(20)14-17-10(2)11(3)18-14/h8,12H,5-7H2,1-4H3,(H,17,18). The molecule has 6 heteroatoms. The average molecular weight is 287 g/mol. The summed E-state index contributed by atoms with van der Waals surface area (Å²) in [6.45, 7) is 6.98. The number of methoxy groups -OCH3 is 1. The summed E-state index contributed by atoms with van der Waals surface area (Å²) >= 11 is 0. The maximum atomic E-state index is 5.26. The summed E-state index contributed by atoms with van der Waals surface area (Å²) < 4.78 is 5.26. The number of nitrogens with one attached hydrogen (secondary N) is 1. The zero-order valence-electron chi connectivity index (χ0n) is 13.0. The third kappa shape index (κ3) is 2.57. The highest BCUT2D eigenvalue weighted by atomic mass is 16.5. The SMILES string of the molecule is COc1cc(C)nc(N2CCCC2c2nc(C)c(C)[nH]2)n1. The molecule has 1 fully saturated rings. The molecule has 0 amide bonds. The van der Waals surface area contributed by atoms with Gasteiger partial charge in [-0.05, 0) is 33.6 Å². The lowest BCUT2D eigenvalue weighted by atomic mass is 10.2. The van der Waals surface area contributed by atoms with Crippen molar-refractivity contribution in [2.24, 2.45) is 0 Å². The second-order valence-corrected chi connectivity index (χ2v) is 5.54. The summed E-state index contributed by atoms with van der Waals surface area (Å²) in [5, 5.41) is 0. The van der Waals surface area contributed by atoms with Gasteiger partial charge in [0.1, 0.15) is 5.82 Å². The molecule has 1 unspecified atom stereocenters. The number of anilines is 1. The molecule has 1 aliphatic rings. The first-order valence-electron chi connectivity index (χ1n) is 7.28. The summed E-state index contributed by atoms with van der Waals surface area (Å²) in [4.78, 5) is 19.3. The number of hydrogen-bond acceptors (Lipinski definition) is 5. The van der Waals surface area contributed by atoms with Gasteiger partial charge in [-0.1, -0.05) is 0 Å². The minimum atomic E-state index is 0.212. The monoisotopic (exact) mass is 287 g/mol. The van der Waals surface area contributed by atoms with Crippen molar-refractivity contribution in [2.45, 2.75) is 39.7 Å².